The topological polar surface area (TPSA) is 155 Å². The number of non-ortho nitro benzene ring substituents is 1. The van der Waals surface area contributed by atoms with Gasteiger partial charge in [-0.15, -0.1) is 5.10 Å². The lowest BCUT2D eigenvalue weighted by molar-refractivity contribution is -0.385. The molecule has 3 heterocycles. The Morgan fingerprint density at radius 2 is 2.05 bits per heavy atom. The van der Waals surface area contributed by atoms with Gasteiger partial charge in [0.1, 0.15) is 0 Å². The van der Waals surface area contributed by atoms with E-state index in [1.54, 1.807) is 28.8 Å². The van der Waals surface area contributed by atoms with E-state index in [1.807, 2.05) is 30.3 Å². The number of rotatable bonds is 11. The van der Waals surface area contributed by atoms with Crippen molar-refractivity contribution in [1.82, 2.24) is 15.0 Å². The summed E-state index contributed by atoms with van der Waals surface area (Å²) in [6, 6.07) is 11.5. The van der Waals surface area contributed by atoms with E-state index in [9.17, 15) is 24.8 Å². The minimum atomic E-state index is -2.01. The Labute approximate surface area is 236 Å². The van der Waals surface area contributed by atoms with Crippen LogP contribution in [0.5, 0.6) is 0 Å². The van der Waals surface area contributed by atoms with Gasteiger partial charge < -0.3 is 20.0 Å². The highest BCUT2D eigenvalue weighted by Gasteiger charge is 2.53. The third-order valence-corrected chi connectivity index (χ3v) is 7.66. The molecule has 2 aromatic carbocycles. The van der Waals surface area contributed by atoms with Gasteiger partial charge in [-0.1, -0.05) is 36.4 Å². The van der Waals surface area contributed by atoms with E-state index in [0.717, 1.165) is 17.7 Å². The normalized spacial score (nSPS) is 19.4. The van der Waals surface area contributed by atoms with Crippen molar-refractivity contribution >= 4 is 28.9 Å². The minimum Gasteiger partial charge on any atom is -0.396 e. The molecule has 214 valence electrons. The number of aromatic nitrogens is 3. The van der Waals surface area contributed by atoms with Gasteiger partial charge in [-0.3, -0.25) is 24.4 Å². The maximum Gasteiger partial charge on any atom is 0.269 e. The summed E-state index contributed by atoms with van der Waals surface area (Å²) in [7, 11) is 0. The molecule has 5 rings (SSSR count). The predicted octanol–water partition coefficient (Wildman–Crippen LogP) is 2.86. The summed E-state index contributed by atoms with van der Waals surface area (Å²) in [5.41, 5.74) is 0.569. The van der Waals surface area contributed by atoms with E-state index in [-0.39, 0.29) is 30.3 Å². The van der Waals surface area contributed by atoms with Gasteiger partial charge >= 0.3 is 0 Å². The van der Waals surface area contributed by atoms with Crippen LogP contribution < -0.4 is 9.80 Å². The molecule has 1 fully saturated rings. The average Bonchev–Trinajstić information content (AvgIpc) is 3.66. The van der Waals surface area contributed by atoms with Crippen LogP contribution in [0.4, 0.5) is 17.1 Å². The van der Waals surface area contributed by atoms with Crippen molar-refractivity contribution in [2.75, 3.05) is 23.0 Å². The lowest BCUT2D eigenvalue weighted by atomic mass is 9.82. The van der Waals surface area contributed by atoms with E-state index in [0.29, 0.717) is 43.7 Å². The second-order valence-electron chi connectivity index (χ2n) is 10.4. The summed E-state index contributed by atoms with van der Waals surface area (Å²) < 4.78 is 1.65. The van der Waals surface area contributed by atoms with Gasteiger partial charge in [0.25, 0.3) is 11.6 Å². The van der Waals surface area contributed by atoms with Crippen LogP contribution in [0.15, 0.2) is 60.8 Å². The number of carbonyl (C=O) groups is 2. The van der Waals surface area contributed by atoms with Gasteiger partial charge in [0.05, 0.1) is 22.8 Å². The Bertz CT molecular complexity index is 1500. The summed E-state index contributed by atoms with van der Waals surface area (Å²) in [5.74, 6) is -1.21. The number of aliphatic hydroxyl groups excluding tert-OH is 1. The number of nitrogens with zero attached hydrogens (tertiary/aromatic N) is 6. The zero-order valence-corrected chi connectivity index (χ0v) is 22.7. The molecule has 0 aliphatic carbocycles. The number of benzene rings is 2. The lowest BCUT2D eigenvalue weighted by Gasteiger charge is -2.27. The highest BCUT2D eigenvalue weighted by Crippen LogP contribution is 2.47. The van der Waals surface area contributed by atoms with Crippen molar-refractivity contribution in [3.8, 4) is 0 Å². The fraction of sp³-hybridized carbons (Fsp3) is 0.379. The maximum atomic E-state index is 13.9. The molecule has 0 spiro atoms. The molecule has 0 saturated carbocycles. The van der Waals surface area contributed by atoms with Gasteiger partial charge in [-0.05, 0) is 36.6 Å². The number of hydrogen-bond acceptors (Lipinski definition) is 8. The molecule has 0 unspecified atom stereocenters. The average molecular weight is 561 g/mol. The molecular weight excluding hydrogens is 528 g/mol. The smallest absolute Gasteiger partial charge is 0.269 e. The molecule has 2 atom stereocenters. The first-order valence-corrected chi connectivity index (χ1v) is 13.6. The molecule has 2 aliphatic heterocycles. The van der Waals surface area contributed by atoms with Crippen LogP contribution in [-0.2, 0) is 34.7 Å². The standard InChI is InChI=1S/C29H32N6O6/c1-20(6-2-3-13-32-19-22(12-15-36)30-31-32)29(39)25-17-24(35(40)41)10-11-26(25)34(28(29)38)18-21-7-4-8-23(16-21)33-14-5-9-27(33)37/h2,4,6-8,10-11,16-17,19-20,36,39H,3,5,9,12-15,18H2,1H3/b6-2+/t20-,29+/m0/s1. The third kappa shape index (κ3) is 5.48. The predicted molar refractivity (Wildman–Crippen MR) is 150 cm³/mol. The van der Waals surface area contributed by atoms with E-state index in [1.165, 1.54) is 23.1 Å². The van der Waals surface area contributed by atoms with Crippen molar-refractivity contribution in [1.29, 1.82) is 0 Å². The highest BCUT2D eigenvalue weighted by atomic mass is 16.6. The number of amides is 2. The first-order chi connectivity index (χ1) is 19.7. The quantitative estimate of drug-likeness (QED) is 0.206. The lowest BCUT2D eigenvalue weighted by Crippen LogP contribution is -2.44. The Kier molecular flexibility index (Phi) is 7.95. The number of allylic oxidation sites excluding steroid dienone is 1. The SMILES string of the molecule is C[C@@H](/C=C/CCn1cc(CCO)nn1)[C@]1(O)C(=O)N(Cc2cccc(N3CCCC3=O)c2)c2ccc([N+](=O)[O-])cc21. The van der Waals surface area contributed by atoms with Crippen LogP contribution in [-0.4, -0.2) is 55.1 Å². The fourth-order valence-corrected chi connectivity index (χ4v) is 5.46. The number of fused-ring (bicyclic) bond motifs is 1. The number of aryl methyl sites for hydroxylation is 1. The molecule has 12 nitrogen and oxygen atoms in total. The number of aliphatic hydroxyl groups is 2. The van der Waals surface area contributed by atoms with Crippen LogP contribution in [0.25, 0.3) is 0 Å². The molecular formula is C29H32N6O6. The summed E-state index contributed by atoms with van der Waals surface area (Å²) in [5, 5.41) is 40.5. The van der Waals surface area contributed by atoms with Crippen LogP contribution in [0.3, 0.4) is 0 Å². The number of nitro groups is 1. The number of nitro benzene ring substituents is 1. The van der Waals surface area contributed by atoms with Crippen molar-refractivity contribution < 1.29 is 24.7 Å². The molecule has 0 radical (unpaired) electrons. The van der Waals surface area contributed by atoms with Crippen LogP contribution >= 0.6 is 0 Å². The maximum absolute atomic E-state index is 13.9. The zero-order valence-electron chi connectivity index (χ0n) is 22.7. The van der Waals surface area contributed by atoms with Crippen LogP contribution in [0.1, 0.15) is 43.0 Å². The minimum absolute atomic E-state index is 0.0110. The van der Waals surface area contributed by atoms with Gasteiger partial charge in [0.15, 0.2) is 5.60 Å². The van der Waals surface area contributed by atoms with Gasteiger partial charge in [0.2, 0.25) is 5.91 Å². The molecule has 3 aromatic rings. The van der Waals surface area contributed by atoms with Crippen molar-refractivity contribution in [2.24, 2.45) is 5.92 Å². The largest absolute Gasteiger partial charge is 0.396 e. The number of anilines is 2. The zero-order chi connectivity index (χ0) is 29.1. The van der Waals surface area contributed by atoms with Crippen molar-refractivity contribution in [3.05, 3.63) is 87.7 Å². The molecule has 2 amide bonds. The highest BCUT2D eigenvalue weighted by molar-refractivity contribution is 6.07. The summed E-state index contributed by atoms with van der Waals surface area (Å²) in [6.45, 7) is 2.97. The van der Waals surface area contributed by atoms with Gasteiger partial charge in [-0.25, -0.2) is 0 Å². The molecule has 1 aromatic heterocycles. The Morgan fingerprint density at radius 3 is 2.78 bits per heavy atom. The summed E-state index contributed by atoms with van der Waals surface area (Å²) >= 11 is 0. The van der Waals surface area contributed by atoms with Crippen LogP contribution in [0, 0.1) is 16.0 Å². The molecule has 12 heteroatoms. The van der Waals surface area contributed by atoms with Crippen molar-refractivity contribution in [3.63, 3.8) is 0 Å². The fourth-order valence-electron chi connectivity index (χ4n) is 5.46. The first kappa shape index (κ1) is 28.1. The Morgan fingerprint density at radius 1 is 1.22 bits per heavy atom. The molecule has 1 saturated heterocycles. The molecule has 0 bridgehead atoms. The monoisotopic (exact) mass is 560 g/mol. The second-order valence-corrected chi connectivity index (χ2v) is 10.4. The van der Waals surface area contributed by atoms with Crippen LogP contribution in [0.2, 0.25) is 0 Å². The van der Waals surface area contributed by atoms with Crippen molar-refractivity contribution in [2.45, 2.75) is 51.3 Å². The first-order valence-electron chi connectivity index (χ1n) is 13.6. The van der Waals surface area contributed by atoms with E-state index in [2.05, 4.69) is 10.3 Å². The van der Waals surface area contributed by atoms with E-state index in [4.69, 9.17) is 5.11 Å². The van der Waals surface area contributed by atoms with E-state index < -0.39 is 22.3 Å². The van der Waals surface area contributed by atoms with Gasteiger partial charge in [-0.2, -0.15) is 0 Å². The number of carbonyl (C=O) groups excluding carboxylic acids is 2. The summed E-state index contributed by atoms with van der Waals surface area (Å²) in [6.07, 6.45) is 7.58. The second kappa shape index (κ2) is 11.6. The third-order valence-electron chi connectivity index (χ3n) is 7.66. The molecule has 2 aliphatic rings. The molecule has 2 N–H and O–H groups in total. The molecule has 41 heavy (non-hydrogen) atoms. The number of hydrogen-bond donors (Lipinski definition) is 2. The summed E-state index contributed by atoms with van der Waals surface area (Å²) in [4.78, 5) is 40.3. The Hall–Kier alpha value is -4.42. The Balaban J connectivity index is 1.38. The van der Waals surface area contributed by atoms with E-state index >= 15 is 0 Å². The van der Waals surface area contributed by atoms with Gasteiger partial charge in [0, 0.05) is 68.0 Å².